The van der Waals surface area contributed by atoms with Crippen molar-refractivity contribution in [1.29, 1.82) is 0 Å². The number of carbonyl (C=O) groups is 2. The lowest BCUT2D eigenvalue weighted by atomic mass is 10.1. The lowest BCUT2D eigenvalue weighted by Gasteiger charge is -2.28. The van der Waals surface area contributed by atoms with Crippen LogP contribution in [0.5, 0.6) is 0 Å². The van der Waals surface area contributed by atoms with Crippen molar-refractivity contribution in [1.82, 2.24) is 15.2 Å². The Morgan fingerprint density at radius 3 is 2.47 bits per heavy atom. The summed E-state index contributed by atoms with van der Waals surface area (Å²) in [5.41, 5.74) is 0.952. The highest BCUT2D eigenvalue weighted by atomic mass is 16.2. The van der Waals surface area contributed by atoms with E-state index in [0.717, 1.165) is 36.9 Å². The highest BCUT2D eigenvalue weighted by Gasteiger charge is 2.28. The summed E-state index contributed by atoms with van der Waals surface area (Å²) in [5.74, 6) is -0.350. The molecule has 7 heteroatoms. The van der Waals surface area contributed by atoms with Crippen molar-refractivity contribution in [2.45, 2.75) is 19.3 Å². The van der Waals surface area contributed by atoms with Crippen LogP contribution >= 0.6 is 0 Å². The van der Waals surface area contributed by atoms with Crippen molar-refractivity contribution >= 4 is 17.5 Å². The van der Waals surface area contributed by atoms with Gasteiger partial charge in [0.15, 0.2) is 0 Å². The number of imide groups is 1. The highest BCUT2D eigenvalue weighted by Crippen LogP contribution is 2.16. The number of piperazine rings is 1. The van der Waals surface area contributed by atoms with E-state index in [9.17, 15) is 9.59 Å². The molecule has 0 atom stereocenters. The number of piperidine rings is 1. The SMILES string of the molecule is O=C1CCCC(=O)N1n1cc(N2CCNCC2)cn1. The van der Waals surface area contributed by atoms with Gasteiger partial charge in [-0.25, -0.2) is 0 Å². The minimum atomic E-state index is -0.175. The molecule has 0 bridgehead atoms. The Kier molecular flexibility index (Phi) is 3.20. The van der Waals surface area contributed by atoms with Crippen LogP contribution in [0, 0.1) is 0 Å². The molecule has 3 heterocycles. The van der Waals surface area contributed by atoms with E-state index >= 15 is 0 Å². The van der Waals surface area contributed by atoms with E-state index in [1.54, 1.807) is 12.4 Å². The van der Waals surface area contributed by atoms with Gasteiger partial charge in [0.25, 0.3) is 0 Å². The lowest BCUT2D eigenvalue weighted by Crippen LogP contribution is -2.48. The molecule has 2 saturated heterocycles. The molecule has 1 aromatic rings. The Bertz CT molecular complexity index is 476. The summed E-state index contributed by atoms with van der Waals surface area (Å²) in [7, 11) is 0. The number of hydrogen-bond acceptors (Lipinski definition) is 5. The zero-order chi connectivity index (χ0) is 13.2. The molecular weight excluding hydrogens is 246 g/mol. The Labute approximate surface area is 111 Å². The number of aromatic nitrogens is 2. The van der Waals surface area contributed by atoms with Gasteiger partial charge in [-0.2, -0.15) is 14.9 Å². The van der Waals surface area contributed by atoms with Crippen LogP contribution in [-0.2, 0) is 9.59 Å². The van der Waals surface area contributed by atoms with E-state index in [-0.39, 0.29) is 11.8 Å². The molecule has 102 valence electrons. The zero-order valence-electron chi connectivity index (χ0n) is 10.7. The predicted molar refractivity (Wildman–Crippen MR) is 69.4 cm³/mol. The van der Waals surface area contributed by atoms with Crippen molar-refractivity contribution in [2.24, 2.45) is 0 Å². The first-order valence-electron chi connectivity index (χ1n) is 6.62. The Morgan fingerprint density at radius 2 is 1.79 bits per heavy atom. The zero-order valence-corrected chi connectivity index (χ0v) is 10.7. The molecule has 19 heavy (non-hydrogen) atoms. The number of nitrogens with one attached hydrogen (secondary N) is 1. The van der Waals surface area contributed by atoms with E-state index in [1.807, 2.05) is 0 Å². The third-order valence-electron chi connectivity index (χ3n) is 3.50. The molecule has 3 rings (SSSR count). The van der Waals surface area contributed by atoms with E-state index in [0.29, 0.717) is 19.3 Å². The van der Waals surface area contributed by atoms with Crippen LogP contribution in [0.2, 0.25) is 0 Å². The van der Waals surface area contributed by atoms with Gasteiger partial charge in [-0.15, -0.1) is 0 Å². The maximum absolute atomic E-state index is 11.8. The fourth-order valence-corrected chi connectivity index (χ4v) is 2.47. The van der Waals surface area contributed by atoms with Gasteiger partial charge in [0, 0.05) is 39.0 Å². The van der Waals surface area contributed by atoms with Crippen LogP contribution < -0.4 is 15.2 Å². The van der Waals surface area contributed by atoms with Crippen LogP contribution in [0.4, 0.5) is 5.69 Å². The largest absolute Gasteiger partial charge is 0.366 e. The summed E-state index contributed by atoms with van der Waals surface area (Å²) in [4.78, 5) is 27.2. The summed E-state index contributed by atoms with van der Waals surface area (Å²) in [6.07, 6.45) is 4.93. The van der Waals surface area contributed by atoms with Crippen LogP contribution in [0.15, 0.2) is 12.4 Å². The van der Waals surface area contributed by atoms with Gasteiger partial charge in [-0.05, 0) is 6.42 Å². The average molecular weight is 263 g/mol. The standard InChI is InChI=1S/C12H17N5O2/c18-11-2-1-3-12(19)17(11)16-9-10(8-14-16)15-6-4-13-5-7-15/h8-9,13H,1-7H2. The topological polar surface area (TPSA) is 70.5 Å². The Morgan fingerprint density at radius 1 is 1.11 bits per heavy atom. The van der Waals surface area contributed by atoms with E-state index < -0.39 is 0 Å². The molecule has 1 N–H and O–H groups in total. The fourth-order valence-electron chi connectivity index (χ4n) is 2.47. The minimum Gasteiger partial charge on any atom is -0.366 e. The first kappa shape index (κ1) is 12.2. The third kappa shape index (κ3) is 2.33. The van der Waals surface area contributed by atoms with Crippen LogP contribution in [0.1, 0.15) is 19.3 Å². The molecule has 0 unspecified atom stereocenters. The minimum absolute atomic E-state index is 0.175. The molecule has 2 aliphatic rings. The number of anilines is 1. The van der Waals surface area contributed by atoms with Gasteiger partial charge >= 0.3 is 0 Å². The number of nitrogens with zero attached hydrogens (tertiary/aromatic N) is 4. The molecule has 2 aliphatic heterocycles. The molecule has 2 fully saturated rings. The quantitative estimate of drug-likeness (QED) is 0.726. The molecule has 1 aromatic heterocycles. The Balaban J connectivity index is 1.79. The van der Waals surface area contributed by atoms with E-state index in [2.05, 4.69) is 15.3 Å². The number of carbonyl (C=O) groups excluding carboxylic acids is 2. The summed E-state index contributed by atoms with van der Waals surface area (Å²) < 4.78 is 0. The summed E-state index contributed by atoms with van der Waals surface area (Å²) in [6.45, 7) is 3.70. The van der Waals surface area contributed by atoms with Gasteiger partial charge in [0.2, 0.25) is 11.8 Å². The second-order valence-electron chi connectivity index (χ2n) is 4.81. The lowest BCUT2D eigenvalue weighted by molar-refractivity contribution is -0.131. The average Bonchev–Trinajstić information content (AvgIpc) is 2.89. The first-order chi connectivity index (χ1) is 9.25. The van der Waals surface area contributed by atoms with Crippen molar-refractivity contribution < 1.29 is 9.59 Å². The molecule has 0 aromatic carbocycles. The second kappa shape index (κ2) is 5.00. The predicted octanol–water partition coefficient (Wildman–Crippen LogP) is -0.532. The Hall–Kier alpha value is -1.89. The summed E-state index contributed by atoms with van der Waals surface area (Å²) in [5, 5.41) is 8.58. The van der Waals surface area contributed by atoms with Crippen LogP contribution in [0.3, 0.4) is 0 Å². The normalized spacial score (nSPS) is 21.1. The molecule has 2 amide bonds. The highest BCUT2D eigenvalue weighted by molar-refractivity contribution is 6.09. The fraction of sp³-hybridized carbons (Fsp3) is 0.583. The van der Waals surface area contributed by atoms with Crippen molar-refractivity contribution in [3.63, 3.8) is 0 Å². The number of amides is 2. The number of rotatable bonds is 2. The molecule has 0 saturated carbocycles. The second-order valence-corrected chi connectivity index (χ2v) is 4.81. The van der Waals surface area contributed by atoms with Gasteiger partial charge in [0.1, 0.15) is 0 Å². The van der Waals surface area contributed by atoms with Crippen LogP contribution in [-0.4, -0.2) is 47.9 Å². The molecule has 0 radical (unpaired) electrons. The smallest absolute Gasteiger partial charge is 0.249 e. The maximum atomic E-state index is 11.8. The van der Waals surface area contributed by atoms with Gasteiger partial charge in [-0.3, -0.25) is 9.59 Å². The molecule has 7 nitrogen and oxygen atoms in total. The first-order valence-corrected chi connectivity index (χ1v) is 6.62. The van der Waals surface area contributed by atoms with E-state index in [1.165, 1.54) is 4.79 Å². The maximum Gasteiger partial charge on any atom is 0.249 e. The monoisotopic (exact) mass is 263 g/mol. The van der Waals surface area contributed by atoms with Crippen molar-refractivity contribution in [3.05, 3.63) is 12.4 Å². The summed E-state index contributed by atoms with van der Waals surface area (Å²) in [6, 6.07) is 0. The van der Waals surface area contributed by atoms with Crippen LogP contribution in [0.25, 0.3) is 0 Å². The van der Waals surface area contributed by atoms with Crippen molar-refractivity contribution in [2.75, 3.05) is 36.1 Å². The van der Waals surface area contributed by atoms with Gasteiger partial charge in [0.05, 0.1) is 18.1 Å². The summed E-state index contributed by atoms with van der Waals surface area (Å²) >= 11 is 0. The van der Waals surface area contributed by atoms with Gasteiger partial charge in [-0.1, -0.05) is 0 Å². The number of hydrogen-bond donors (Lipinski definition) is 1. The third-order valence-corrected chi connectivity index (χ3v) is 3.50. The van der Waals surface area contributed by atoms with Crippen molar-refractivity contribution in [3.8, 4) is 0 Å². The van der Waals surface area contributed by atoms with Gasteiger partial charge < -0.3 is 10.2 Å². The molecule has 0 aliphatic carbocycles. The molecule has 0 spiro atoms. The van der Waals surface area contributed by atoms with E-state index in [4.69, 9.17) is 0 Å². The molecular formula is C12H17N5O2.